The average molecular weight is 371 g/mol. The Morgan fingerprint density at radius 1 is 1.44 bits per heavy atom. The van der Waals surface area contributed by atoms with Crippen molar-refractivity contribution in [2.24, 2.45) is 5.92 Å². The van der Waals surface area contributed by atoms with Gasteiger partial charge in [0.1, 0.15) is 5.82 Å². The van der Waals surface area contributed by atoms with Crippen LogP contribution in [0.4, 0.5) is 11.8 Å². The third-order valence-corrected chi connectivity index (χ3v) is 4.02. The van der Waals surface area contributed by atoms with Gasteiger partial charge in [-0.1, -0.05) is 25.7 Å². The largest absolute Gasteiger partial charge is 0.369 e. The highest BCUT2D eigenvalue weighted by atomic mass is 16.2. The van der Waals surface area contributed by atoms with Crippen LogP contribution in [0.5, 0.6) is 0 Å². The van der Waals surface area contributed by atoms with E-state index in [0.717, 1.165) is 37.9 Å². The lowest BCUT2D eigenvalue weighted by molar-refractivity contribution is -0.122. The number of unbranched alkanes of at least 4 members (excludes halogenated alkanes) is 1. The number of hydrogen-bond donors (Lipinski definition) is 4. The molecule has 0 aromatic carbocycles. The fourth-order valence-corrected chi connectivity index (χ4v) is 2.65. The molecule has 7 nitrogen and oxygen atoms in total. The van der Waals surface area contributed by atoms with Crippen LogP contribution < -0.4 is 21.7 Å². The lowest BCUT2D eigenvalue weighted by atomic mass is 10.1. The predicted octanol–water partition coefficient (Wildman–Crippen LogP) is 1.38. The van der Waals surface area contributed by atoms with E-state index in [1.54, 1.807) is 6.20 Å². The number of nitrogens with one attached hydrogen (secondary N) is 3. The number of nitrogens with two attached hydrogens (primary N) is 1. The Labute approximate surface area is 162 Å². The van der Waals surface area contributed by atoms with Crippen LogP contribution in [0.15, 0.2) is 6.20 Å². The number of amides is 1. The Bertz CT molecular complexity index is 676. The Balaban J connectivity index is 0.00000176. The minimum Gasteiger partial charge on any atom is -0.369 e. The summed E-state index contributed by atoms with van der Waals surface area (Å²) in [6.07, 6.45) is 13.1. The maximum atomic E-state index is 12.0. The van der Waals surface area contributed by atoms with Crippen molar-refractivity contribution in [3.05, 3.63) is 11.8 Å². The maximum absolute atomic E-state index is 12.0. The average Bonchev–Trinajstić information content (AvgIpc) is 3.12. The molecule has 0 spiro atoms. The number of anilines is 2. The molecule has 5 N–H and O–H groups in total. The van der Waals surface area contributed by atoms with Gasteiger partial charge in [-0.2, -0.15) is 4.98 Å². The second kappa shape index (κ2) is 12.6. The Kier molecular flexibility index (Phi) is 10.4. The first-order valence-electron chi connectivity index (χ1n) is 9.29. The van der Waals surface area contributed by atoms with E-state index in [2.05, 4.69) is 64.5 Å². The predicted molar refractivity (Wildman–Crippen MR) is 110 cm³/mol. The molecule has 1 aromatic heterocycles. The van der Waals surface area contributed by atoms with E-state index in [1.165, 1.54) is 0 Å². The SMILES string of the molecule is C#C.CCCNc1nc(N)ncc1C#CCCCNC(=O)C1C[C@H](C)CN1. The molecule has 2 heterocycles. The number of nitrogens with zero attached hydrogens (tertiary/aromatic N) is 2. The van der Waals surface area contributed by atoms with Crippen LogP contribution >= 0.6 is 0 Å². The highest BCUT2D eigenvalue weighted by Gasteiger charge is 2.26. The molecule has 0 radical (unpaired) electrons. The monoisotopic (exact) mass is 370 g/mol. The standard InChI is InChI=1S/C18H28N6O.C2H2/c1-3-8-20-16-14(12-23-18(19)24-16)7-5-4-6-9-21-17(25)15-10-13(2)11-22-15;1-2/h12-13,15,22H,3-4,6,8-11H2,1-2H3,(H,21,25)(H3,19,20,23,24);1-2H/t13-,15?;/m0./s1. The van der Waals surface area contributed by atoms with Crippen LogP contribution in [-0.4, -0.2) is 41.6 Å². The van der Waals surface area contributed by atoms with E-state index in [4.69, 9.17) is 5.73 Å². The molecule has 146 valence electrons. The Hall–Kier alpha value is -2.77. The summed E-state index contributed by atoms with van der Waals surface area (Å²) < 4.78 is 0. The molecule has 1 aromatic rings. The molecule has 0 saturated carbocycles. The van der Waals surface area contributed by atoms with Gasteiger partial charge in [0.2, 0.25) is 11.9 Å². The fourth-order valence-electron chi connectivity index (χ4n) is 2.65. The number of hydrogen-bond acceptors (Lipinski definition) is 6. The van der Waals surface area contributed by atoms with Gasteiger partial charge >= 0.3 is 0 Å². The molecule has 0 aliphatic carbocycles. The van der Waals surface area contributed by atoms with Gasteiger partial charge in [-0.3, -0.25) is 4.79 Å². The molecule has 1 fully saturated rings. The number of nitrogen functional groups attached to an aromatic ring is 1. The second-order valence-corrected chi connectivity index (χ2v) is 6.42. The van der Waals surface area contributed by atoms with Crippen LogP contribution in [-0.2, 0) is 4.79 Å². The van der Waals surface area contributed by atoms with Gasteiger partial charge in [-0.25, -0.2) is 4.98 Å². The Morgan fingerprint density at radius 3 is 2.89 bits per heavy atom. The molecular weight excluding hydrogens is 340 g/mol. The zero-order valence-corrected chi connectivity index (χ0v) is 16.2. The highest BCUT2D eigenvalue weighted by Crippen LogP contribution is 2.13. The second-order valence-electron chi connectivity index (χ2n) is 6.42. The third-order valence-electron chi connectivity index (χ3n) is 4.02. The van der Waals surface area contributed by atoms with Gasteiger partial charge in [0.25, 0.3) is 0 Å². The van der Waals surface area contributed by atoms with E-state index in [0.29, 0.717) is 24.7 Å². The fraction of sp³-hybridized carbons (Fsp3) is 0.550. The summed E-state index contributed by atoms with van der Waals surface area (Å²) in [6, 6.07) is -0.0415. The summed E-state index contributed by atoms with van der Waals surface area (Å²) in [6.45, 7) is 6.60. The summed E-state index contributed by atoms with van der Waals surface area (Å²) in [5.41, 5.74) is 6.37. The van der Waals surface area contributed by atoms with Crippen molar-refractivity contribution in [2.45, 2.75) is 45.6 Å². The van der Waals surface area contributed by atoms with Crippen LogP contribution in [0.3, 0.4) is 0 Å². The molecule has 1 aliphatic rings. The highest BCUT2D eigenvalue weighted by molar-refractivity contribution is 5.82. The van der Waals surface area contributed by atoms with E-state index in [-0.39, 0.29) is 17.9 Å². The first-order chi connectivity index (χ1) is 13.1. The molecule has 1 aliphatic heterocycles. The summed E-state index contributed by atoms with van der Waals surface area (Å²) in [4.78, 5) is 20.2. The van der Waals surface area contributed by atoms with Crippen LogP contribution in [0.25, 0.3) is 0 Å². The quantitative estimate of drug-likeness (QED) is 0.427. The number of terminal acetylenes is 1. The topological polar surface area (TPSA) is 105 Å². The number of carbonyl (C=O) groups excluding carboxylic acids is 1. The van der Waals surface area contributed by atoms with Crippen molar-refractivity contribution in [3.8, 4) is 24.7 Å². The van der Waals surface area contributed by atoms with E-state index < -0.39 is 0 Å². The van der Waals surface area contributed by atoms with Crippen molar-refractivity contribution in [2.75, 3.05) is 30.7 Å². The normalized spacial score (nSPS) is 17.8. The van der Waals surface area contributed by atoms with Crippen LogP contribution in [0.1, 0.15) is 45.1 Å². The van der Waals surface area contributed by atoms with Gasteiger partial charge in [0.05, 0.1) is 17.8 Å². The van der Waals surface area contributed by atoms with Gasteiger partial charge in [0.15, 0.2) is 0 Å². The minimum atomic E-state index is -0.0415. The maximum Gasteiger partial charge on any atom is 0.237 e. The van der Waals surface area contributed by atoms with E-state index in [1.807, 2.05) is 0 Å². The summed E-state index contributed by atoms with van der Waals surface area (Å²) in [5, 5.41) is 9.41. The van der Waals surface area contributed by atoms with Crippen molar-refractivity contribution >= 4 is 17.7 Å². The van der Waals surface area contributed by atoms with Gasteiger partial charge in [0, 0.05) is 19.5 Å². The zero-order chi connectivity index (χ0) is 20.1. The van der Waals surface area contributed by atoms with Crippen molar-refractivity contribution in [1.82, 2.24) is 20.6 Å². The Morgan fingerprint density at radius 2 is 2.22 bits per heavy atom. The molecule has 1 amide bonds. The molecule has 2 atom stereocenters. The molecule has 7 heteroatoms. The van der Waals surface area contributed by atoms with Crippen molar-refractivity contribution in [1.29, 1.82) is 0 Å². The van der Waals surface area contributed by atoms with E-state index in [9.17, 15) is 4.79 Å². The van der Waals surface area contributed by atoms with Crippen molar-refractivity contribution in [3.63, 3.8) is 0 Å². The number of carbonyl (C=O) groups is 1. The van der Waals surface area contributed by atoms with Gasteiger partial charge < -0.3 is 21.7 Å². The molecule has 27 heavy (non-hydrogen) atoms. The summed E-state index contributed by atoms with van der Waals surface area (Å²) in [7, 11) is 0. The van der Waals surface area contributed by atoms with Crippen molar-refractivity contribution < 1.29 is 4.79 Å². The molecular formula is C20H30N6O. The van der Waals surface area contributed by atoms with Crippen LogP contribution in [0, 0.1) is 30.6 Å². The zero-order valence-electron chi connectivity index (χ0n) is 16.2. The number of aromatic nitrogens is 2. The van der Waals surface area contributed by atoms with E-state index >= 15 is 0 Å². The molecule has 1 saturated heterocycles. The molecule has 2 rings (SSSR count). The third kappa shape index (κ3) is 7.98. The lowest BCUT2D eigenvalue weighted by Gasteiger charge is -2.10. The van der Waals surface area contributed by atoms with Gasteiger partial charge in [-0.05, 0) is 31.7 Å². The number of rotatable bonds is 7. The first kappa shape index (κ1) is 22.3. The molecule has 0 bridgehead atoms. The van der Waals surface area contributed by atoms with Crippen LogP contribution in [0.2, 0.25) is 0 Å². The summed E-state index contributed by atoms with van der Waals surface area (Å²) >= 11 is 0. The molecule has 1 unspecified atom stereocenters. The lowest BCUT2D eigenvalue weighted by Crippen LogP contribution is -2.40. The summed E-state index contributed by atoms with van der Waals surface area (Å²) in [5.74, 6) is 7.77. The smallest absolute Gasteiger partial charge is 0.237 e. The first-order valence-corrected chi connectivity index (χ1v) is 9.29. The minimum absolute atomic E-state index is 0.0415. The van der Waals surface area contributed by atoms with Gasteiger partial charge in [-0.15, -0.1) is 12.8 Å².